The van der Waals surface area contributed by atoms with E-state index in [-0.39, 0.29) is 29.6 Å². The van der Waals surface area contributed by atoms with E-state index in [2.05, 4.69) is 19.7 Å². The van der Waals surface area contributed by atoms with Crippen LogP contribution in [-0.4, -0.2) is 41.6 Å². The van der Waals surface area contributed by atoms with Crippen molar-refractivity contribution in [2.75, 3.05) is 11.8 Å². The number of halogens is 2. The predicted octanol–water partition coefficient (Wildman–Crippen LogP) is 7.07. The number of nitro benzene ring substituents is 1. The maximum Gasteiger partial charge on any atom is 0.514 e. The number of rotatable bonds is 10. The summed E-state index contributed by atoms with van der Waals surface area (Å²) in [5.41, 5.74) is 3.47. The lowest BCUT2D eigenvalue weighted by Crippen LogP contribution is -2.15. The molecule has 6 rings (SSSR count). The molecule has 0 amide bonds. The van der Waals surface area contributed by atoms with Gasteiger partial charge in [0, 0.05) is 53.3 Å². The molecule has 50 heavy (non-hydrogen) atoms. The van der Waals surface area contributed by atoms with Crippen LogP contribution in [0.4, 0.5) is 25.0 Å². The van der Waals surface area contributed by atoms with Crippen LogP contribution in [0.2, 0.25) is 0 Å². The van der Waals surface area contributed by atoms with E-state index in [1.807, 2.05) is 6.07 Å². The fourth-order valence-electron chi connectivity index (χ4n) is 4.88. The van der Waals surface area contributed by atoms with Gasteiger partial charge in [-0.3, -0.25) is 24.8 Å². The highest BCUT2D eigenvalue weighted by Crippen LogP contribution is 2.34. The molecule has 0 radical (unpaired) electrons. The van der Waals surface area contributed by atoms with Crippen LogP contribution in [0.25, 0.3) is 33.2 Å². The van der Waals surface area contributed by atoms with Crippen molar-refractivity contribution in [1.82, 2.24) is 15.0 Å². The number of carbonyl (C=O) groups excluding carboxylic acids is 1. The molecule has 0 saturated carbocycles. The molecule has 0 aliphatic rings. The molecule has 0 unspecified atom stereocenters. The minimum Gasteiger partial charge on any atom is -0.480 e. The lowest BCUT2D eigenvalue weighted by molar-refractivity contribution is -0.384. The van der Waals surface area contributed by atoms with Crippen LogP contribution in [0.3, 0.4) is 0 Å². The fraction of sp³-hybridized carbons (Fsp3) is 0.0588. The number of nitro groups is 1. The summed E-state index contributed by atoms with van der Waals surface area (Å²) in [6.07, 6.45) is 3.70. The van der Waals surface area contributed by atoms with Crippen molar-refractivity contribution in [3.63, 3.8) is 0 Å². The number of nitrogens with one attached hydrogen (secondary N) is 1. The lowest BCUT2D eigenvalue weighted by atomic mass is 9.98. The second-order valence-electron chi connectivity index (χ2n) is 10.5. The van der Waals surface area contributed by atoms with Gasteiger partial charge in [0.1, 0.15) is 34.6 Å². The van der Waals surface area contributed by atoms with Gasteiger partial charge in [-0.15, -0.1) is 0 Å². The highest BCUT2D eigenvalue weighted by molar-refractivity contribution is 7.92. The van der Waals surface area contributed by atoms with Crippen molar-refractivity contribution >= 4 is 38.5 Å². The molecule has 3 aromatic heterocycles. The molecule has 16 heteroatoms. The molecule has 0 saturated heterocycles. The largest absolute Gasteiger partial charge is 0.514 e. The Kier molecular flexibility index (Phi) is 9.27. The van der Waals surface area contributed by atoms with Gasteiger partial charge >= 0.3 is 6.16 Å². The third kappa shape index (κ3) is 7.29. The molecule has 0 aliphatic heterocycles. The minimum atomic E-state index is -4.48. The van der Waals surface area contributed by atoms with Gasteiger partial charge in [-0.25, -0.2) is 27.0 Å². The summed E-state index contributed by atoms with van der Waals surface area (Å²) >= 11 is 0. The number of ether oxygens (including phenoxy) is 3. The number of pyridine rings is 3. The maximum absolute atomic E-state index is 14.3. The predicted molar refractivity (Wildman–Crippen MR) is 176 cm³/mol. The van der Waals surface area contributed by atoms with Gasteiger partial charge in [-0.2, -0.15) is 0 Å². The Bertz CT molecular complexity index is 2360. The van der Waals surface area contributed by atoms with Crippen LogP contribution in [0, 0.1) is 21.7 Å². The highest BCUT2D eigenvalue weighted by Gasteiger charge is 2.22. The van der Waals surface area contributed by atoms with Gasteiger partial charge in [0.15, 0.2) is 0 Å². The van der Waals surface area contributed by atoms with Crippen LogP contribution in [0.15, 0.2) is 108 Å². The summed E-state index contributed by atoms with van der Waals surface area (Å²) in [5, 5.41) is 11.5. The quantitative estimate of drug-likeness (QED) is 0.0671. The van der Waals surface area contributed by atoms with E-state index in [9.17, 15) is 32.1 Å². The summed E-state index contributed by atoms with van der Waals surface area (Å²) in [4.78, 5) is 34.6. The van der Waals surface area contributed by atoms with Crippen molar-refractivity contribution in [2.45, 2.75) is 11.5 Å². The topological polar surface area (TPSA) is 173 Å². The Hall–Kier alpha value is -6.55. The molecule has 0 aliphatic carbocycles. The number of non-ortho nitro benzene ring substituents is 1. The third-order valence-electron chi connectivity index (χ3n) is 7.27. The van der Waals surface area contributed by atoms with Crippen LogP contribution < -0.4 is 14.2 Å². The number of methoxy groups -OCH3 is 1. The number of sulfonamides is 1. The average Bonchev–Trinajstić information content (AvgIpc) is 3.10. The zero-order valence-corrected chi connectivity index (χ0v) is 26.6. The smallest absolute Gasteiger partial charge is 0.480 e. The molecule has 0 fully saturated rings. The second-order valence-corrected chi connectivity index (χ2v) is 12.1. The van der Waals surface area contributed by atoms with Crippen molar-refractivity contribution < 1.29 is 41.1 Å². The van der Waals surface area contributed by atoms with Gasteiger partial charge in [-0.1, -0.05) is 12.1 Å². The zero-order chi connectivity index (χ0) is 35.4. The van der Waals surface area contributed by atoms with Crippen LogP contribution in [-0.2, 0) is 21.4 Å². The van der Waals surface area contributed by atoms with Crippen molar-refractivity contribution in [3.05, 3.63) is 131 Å². The number of fused-ring (bicyclic) bond motifs is 1. The van der Waals surface area contributed by atoms with E-state index in [0.717, 1.165) is 28.6 Å². The summed E-state index contributed by atoms with van der Waals surface area (Å²) in [6, 6.07) is 19.2. The summed E-state index contributed by atoms with van der Waals surface area (Å²) in [6.45, 7) is -0.197. The van der Waals surface area contributed by atoms with Crippen molar-refractivity contribution in [2.24, 2.45) is 0 Å². The van der Waals surface area contributed by atoms with Crippen molar-refractivity contribution in [3.8, 4) is 33.9 Å². The third-order valence-corrected chi connectivity index (χ3v) is 8.67. The zero-order valence-electron chi connectivity index (χ0n) is 25.7. The second kappa shape index (κ2) is 13.9. The molecular weight excluding hydrogens is 676 g/mol. The summed E-state index contributed by atoms with van der Waals surface area (Å²) < 4.78 is 71.4. The molecule has 3 heterocycles. The first-order valence-electron chi connectivity index (χ1n) is 14.5. The Labute approximate surface area is 282 Å². The number of hydrogen-bond acceptors (Lipinski definition) is 11. The fourth-order valence-corrected chi connectivity index (χ4v) is 5.99. The molecule has 0 bridgehead atoms. The van der Waals surface area contributed by atoms with Gasteiger partial charge in [0.25, 0.3) is 15.7 Å². The molecule has 1 N–H and O–H groups in total. The molecule has 3 aromatic carbocycles. The summed E-state index contributed by atoms with van der Waals surface area (Å²) in [7, 11) is -3.19. The number of carbonyl (C=O) groups is 1. The Morgan fingerprint density at radius 2 is 1.64 bits per heavy atom. The standard InChI is InChI=1S/C34H23F2N5O8S/c1-47-33-31(40-50(45,46)32-11-4-23(35)16-29(32)36)15-22(18-39-33)20-3-10-30-28(14-20)27(12-13-37-30)21-2-5-24(38-17-21)19-48-34(42)49-26-8-6-25(7-9-26)41(43)44/h2-18,40H,19H2,1H3. The molecule has 252 valence electrons. The normalized spacial score (nSPS) is 11.2. The monoisotopic (exact) mass is 699 g/mol. The SMILES string of the molecule is COc1ncc(-c2ccc3nccc(-c4ccc(COC(=O)Oc5ccc([N+](=O)[O-])cc5)nc4)c3c2)cc1NS(=O)(=O)c1ccc(F)cc1F. The lowest BCUT2D eigenvalue weighted by Gasteiger charge is -2.14. The van der Waals surface area contributed by atoms with E-state index in [1.54, 1.807) is 42.7 Å². The molecule has 0 spiro atoms. The first-order chi connectivity index (χ1) is 24.0. The first-order valence-corrected chi connectivity index (χ1v) is 15.9. The van der Waals surface area contributed by atoms with Gasteiger partial charge in [-0.05, 0) is 65.7 Å². The Balaban J connectivity index is 1.21. The average molecular weight is 700 g/mol. The molecular formula is C34H23F2N5O8S. The summed E-state index contributed by atoms with van der Waals surface area (Å²) in [5.74, 6) is -2.17. The molecule has 13 nitrogen and oxygen atoms in total. The van der Waals surface area contributed by atoms with E-state index in [0.29, 0.717) is 28.4 Å². The van der Waals surface area contributed by atoms with E-state index in [4.69, 9.17) is 14.2 Å². The number of benzene rings is 3. The number of aromatic nitrogens is 3. The molecule has 6 aromatic rings. The van der Waals surface area contributed by atoms with Crippen LogP contribution in [0.1, 0.15) is 5.69 Å². The molecule has 0 atom stereocenters. The highest BCUT2D eigenvalue weighted by atomic mass is 32.2. The van der Waals surface area contributed by atoms with Gasteiger partial charge < -0.3 is 14.2 Å². The Morgan fingerprint density at radius 1 is 0.880 bits per heavy atom. The van der Waals surface area contributed by atoms with Gasteiger partial charge in [0.05, 0.1) is 23.2 Å². The van der Waals surface area contributed by atoms with E-state index >= 15 is 0 Å². The van der Waals surface area contributed by atoms with Gasteiger partial charge in [0.2, 0.25) is 5.88 Å². The van der Waals surface area contributed by atoms with Crippen LogP contribution >= 0.6 is 0 Å². The number of hydrogen-bond donors (Lipinski definition) is 1. The maximum atomic E-state index is 14.3. The Morgan fingerprint density at radius 3 is 2.34 bits per heavy atom. The van der Waals surface area contributed by atoms with Crippen molar-refractivity contribution in [1.29, 1.82) is 0 Å². The minimum absolute atomic E-state index is 0.0705. The number of anilines is 1. The first kappa shape index (κ1) is 33.4. The van der Waals surface area contributed by atoms with E-state index < -0.39 is 37.6 Å². The van der Waals surface area contributed by atoms with Crippen LogP contribution in [0.5, 0.6) is 11.6 Å². The number of nitrogens with zero attached hydrogens (tertiary/aromatic N) is 4. The van der Waals surface area contributed by atoms with E-state index in [1.165, 1.54) is 43.6 Å².